The molecule has 1 nitrogen and oxygen atoms in total. The molecule has 1 aliphatic carbocycles. The first-order chi connectivity index (χ1) is 5.33. The summed E-state index contributed by atoms with van der Waals surface area (Å²) in [4.78, 5) is 0. The maximum Gasteiger partial charge on any atom is 0.00695 e. The summed E-state index contributed by atoms with van der Waals surface area (Å²) < 4.78 is 0. The molecule has 1 N–H and O–H groups in total. The molecule has 1 heteroatoms. The number of hydrogen-bond donors (Lipinski definition) is 1. The number of nitrogens with one attached hydrogen (secondary N) is 1. The van der Waals surface area contributed by atoms with Gasteiger partial charge in [-0.2, -0.15) is 0 Å². The molecule has 0 bridgehead atoms. The first-order valence-electron chi connectivity index (χ1n) is 5.09. The Morgan fingerprint density at radius 2 is 1.91 bits per heavy atom. The average Bonchev–Trinajstić information content (AvgIpc) is 2.06. The number of hydrogen-bond acceptors (Lipinski definition) is 1. The zero-order valence-electron chi connectivity index (χ0n) is 7.90. The third kappa shape index (κ3) is 3.24. The van der Waals surface area contributed by atoms with Crippen molar-refractivity contribution in [2.24, 2.45) is 0 Å². The zero-order chi connectivity index (χ0) is 8.10. The lowest BCUT2D eigenvalue weighted by atomic mass is 9.95. The molecule has 0 unspecified atom stereocenters. The molecule has 0 saturated heterocycles. The van der Waals surface area contributed by atoms with Crippen LogP contribution in [0.15, 0.2) is 0 Å². The lowest BCUT2D eigenvalue weighted by Crippen LogP contribution is -2.37. The molecule has 0 heterocycles. The Kier molecular flexibility index (Phi) is 3.92. The number of rotatable bonds is 3. The topological polar surface area (TPSA) is 12.0 Å². The summed E-state index contributed by atoms with van der Waals surface area (Å²) in [6.45, 7) is 4.54. The zero-order valence-corrected chi connectivity index (χ0v) is 7.90. The highest BCUT2D eigenvalue weighted by atomic mass is 14.9. The Bertz CT molecular complexity index is 95.0. The average molecular weight is 155 g/mol. The largest absolute Gasteiger partial charge is 0.312 e. The first-order valence-corrected chi connectivity index (χ1v) is 5.09. The van der Waals surface area contributed by atoms with Gasteiger partial charge in [-0.1, -0.05) is 26.2 Å². The van der Waals surface area contributed by atoms with Crippen LogP contribution in [0, 0.1) is 0 Å². The fraction of sp³-hybridized carbons (Fsp3) is 1.00. The normalized spacial score (nSPS) is 23.5. The maximum absolute atomic E-state index is 3.67. The summed E-state index contributed by atoms with van der Waals surface area (Å²) in [5, 5.41) is 3.67. The van der Waals surface area contributed by atoms with E-state index in [4.69, 9.17) is 0 Å². The van der Waals surface area contributed by atoms with E-state index in [1.54, 1.807) is 0 Å². The van der Waals surface area contributed by atoms with E-state index >= 15 is 0 Å². The van der Waals surface area contributed by atoms with Crippen LogP contribution in [0.25, 0.3) is 0 Å². The Morgan fingerprint density at radius 3 is 2.45 bits per heavy atom. The van der Waals surface area contributed by atoms with Crippen LogP contribution in [0.1, 0.15) is 52.4 Å². The summed E-state index contributed by atoms with van der Waals surface area (Å²) in [5.74, 6) is 0. The second-order valence-corrected chi connectivity index (χ2v) is 3.81. The van der Waals surface area contributed by atoms with E-state index in [1.807, 2.05) is 0 Å². The lowest BCUT2D eigenvalue weighted by Gasteiger charge is -2.25. The summed E-state index contributed by atoms with van der Waals surface area (Å²) in [5.41, 5.74) is 0. The van der Waals surface area contributed by atoms with Crippen LogP contribution < -0.4 is 5.32 Å². The van der Waals surface area contributed by atoms with Crippen LogP contribution in [-0.2, 0) is 0 Å². The molecule has 1 aliphatic rings. The third-order valence-electron chi connectivity index (χ3n) is 2.74. The maximum atomic E-state index is 3.67. The lowest BCUT2D eigenvalue weighted by molar-refractivity contribution is 0.340. The summed E-state index contributed by atoms with van der Waals surface area (Å²) in [7, 11) is 0. The highest BCUT2D eigenvalue weighted by Crippen LogP contribution is 2.17. The van der Waals surface area contributed by atoms with Gasteiger partial charge in [0.05, 0.1) is 0 Å². The van der Waals surface area contributed by atoms with E-state index in [9.17, 15) is 0 Å². The molecule has 66 valence electrons. The Labute approximate surface area is 70.6 Å². The molecular formula is C10H21N. The van der Waals surface area contributed by atoms with Crippen LogP contribution in [0.3, 0.4) is 0 Å². The van der Waals surface area contributed by atoms with Gasteiger partial charge in [0.2, 0.25) is 0 Å². The van der Waals surface area contributed by atoms with Crippen molar-refractivity contribution in [1.82, 2.24) is 5.32 Å². The van der Waals surface area contributed by atoms with Crippen molar-refractivity contribution in [1.29, 1.82) is 0 Å². The van der Waals surface area contributed by atoms with Gasteiger partial charge in [0, 0.05) is 12.1 Å². The van der Waals surface area contributed by atoms with Crippen LogP contribution in [0.2, 0.25) is 0 Å². The van der Waals surface area contributed by atoms with Gasteiger partial charge in [-0.3, -0.25) is 0 Å². The minimum atomic E-state index is 0.720. The molecule has 1 atom stereocenters. The molecule has 0 aliphatic heterocycles. The van der Waals surface area contributed by atoms with Crippen molar-refractivity contribution in [2.45, 2.75) is 64.5 Å². The minimum Gasteiger partial charge on any atom is -0.312 e. The van der Waals surface area contributed by atoms with Crippen LogP contribution in [-0.4, -0.2) is 12.1 Å². The van der Waals surface area contributed by atoms with Crippen LogP contribution in [0.4, 0.5) is 0 Å². The molecule has 0 aromatic rings. The second-order valence-electron chi connectivity index (χ2n) is 3.81. The van der Waals surface area contributed by atoms with E-state index < -0.39 is 0 Å². The van der Waals surface area contributed by atoms with Crippen molar-refractivity contribution < 1.29 is 0 Å². The van der Waals surface area contributed by atoms with Crippen molar-refractivity contribution >= 4 is 0 Å². The van der Waals surface area contributed by atoms with Gasteiger partial charge >= 0.3 is 0 Å². The highest BCUT2D eigenvalue weighted by molar-refractivity contribution is 4.74. The van der Waals surface area contributed by atoms with Gasteiger partial charge in [-0.25, -0.2) is 0 Å². The standard InChI is InChI=1S/C10H21N/c1-3-9(2)11-10-7-5-4-6-8-10/h9-11H,3-8H2,1-2H3/t9-/m0/s1. The SMILES string of the molecule is CC[C@H](C)NC1CCCCC1. The first kappa shape index (κ1) is 9.05. The minimum absolute atomic E-state index is 0.720. The molecule has 0 radical (unpaired) electrons. The van der Waals surface area contributed by atoms with Gasteiger partial charge in [0.1, 0.15) is 0 Å². The molecule has 0 aromatic heterocycles. The fourth-order valence-corrected chi connectivity index (χ4v) is 1.79. The Balaban J connectivity index is 2.13. The molecular weight excluding hydrogens is 134 g/mol. The van der Waals surface area contributed by atoms with Crippen molar-refractivity contribution in [3.05, 3.63) is 0 Å². The molecule has 1 rings (SSSR count). The highest BCUT2D eigenvalue weighted by Gasteiger charge is 2.13. The predicted molar refractivity (Wildman–Crippen MR) is 49.8 cm³/mol. The van der Waals surface area contributed by atoms with Gasteiger partial charge in [-0.05, 0) is 26.2 Å². The Morgan fingerprint density at radius 1 is 1.27 bits per heavy atom. The van der Waals surface area contributed by atoms with E-state index in [2.05, 4.69) is 19.2 Å². The molecule has 0 spiro atoms. The summed E-state index contributed by atoms with van der Waals surface area (Å²) in [6.07, 6.45) is 8.41. The third-order valence-corrected chi connectivity index (χ3v) is 2.74. The summed E-state index contributed by atoms with van der Waals surface area (Å²) in [6, 6.07) is 1.55. The van der Waals surface area contributed by atoms with Gasteiger partial charge in [0.15, 0.2) is 0 Å². The van der Waals surface area contributed by atoms with E-state index in [0.29, 0.717) is 0 Å². The van der Waals surface area contributed by atoms with E-state index in [1.165, 1.54) is 38.5 Å². The van der Waals surface area contributed by atoms with Gasteiger partial charge < -0.3 is 5.32 Å². The monoisotopic (exact) mass is 155 g/mol. The van der Waals surface area contributed by atoms with Crippen molar-refractivity contribution in [2.75, 3.05) is 0 Å². The van der Waals surface area contributed by atoms with Gasteiger partial charge in [-0.15, -0.1) is 0 Å². The molecule has 1 fully saturated rings. The fourth-order valence-electron chi connectivity index (χ4n) is 1.79. The quantitative estimate of drug-likeness (QED) is 0.660. The summed E-state index contributed by atoms with van der Waals surface area (Å²) >= 11 is 0. The van der Waals surface area contributed by atoms with Gasteiger partial charge in [0.25, 0.3) is 0 Å². The van der Waals surface area contributed by atoms with Crippen molar-refractivity contribution in [3.63, 3.8) is 0 Å². The molecule has 1 saturated carbocycles. The smallest absolute Gasteiger partial charge is 0.00695 e. The predicted octanol–water partition coefficient (Wildman–Crippen LogP) is 2.71. The molecule has 11 heavy (non-hydrogen) atoms. The Hall–Kier alpha value is -0.0400. The van der Waals surface area contributed by atoms with Crippen LogP contribution in [0.5, 0.6) is 0 Å². The molecule has 0 amide bonds. The van der Waals surface area contributed by atoms with E-state index in [0.717, 1.165) is 12.1 Å². The van der Waals surface area contributed by atoms with E-state index in [-0.39, 0.29) is 0 Å². The van der Waals surface area contributed by atoms with Crippen molar-refractivity contribution in [3.8, 4) is 0 Å². The van der Waals surface area contributed by atoms with Crippen LogP contribution >= 0.6 is 0 Å². The second kappa shape index (κ2) is 4.76. The molecule has 0 aromatic carbocycles.